The van der Waals surface area contributed by atoms with Crippen molar-refractivity contribution < 1.29 is 0 Å². The Bertz CT molecular complexity index is 1080. The molecule has 124 valence electrons. The van der Waals surface area contributed by atoms with Gasteiger partial charge in [-0.2, -0.15) is 0 Å². The molecule has 0 fully saturated rings. The standard InChI is InChI=1S/C19H13Cl2N3S/c1-11-6-7-12(10-15(11)21)22-18-13-4-2-3-5-16(13)23-19(24-18)17-14(20)8-9-25-17/h2-10H,1H3,(H,22,23,24). The van der Waals surface area contributed by atoms with Crippen molar-refractivity contribution in [1.29, 1.82) is 0 Å². The first-order valence-corrected chi connectivity index (χ1v) is 9.29. The van der Waals surface area contributed by atoms with Crippen LogP contribution in [0.15, 0.2) is 53.9 Å². The maximum atomic E-state index is 6.27. The first kappa shape index (κ1) is 16.3. The summed E-state index contributed by atoms with van der Waals surface area (Å²) in [6.07, 6.45) is 0. The van der Waals surface area contributed by atoms with Crippen molar-refractivity contribution in [3.05, 3.63) is 69.5 Å². The van der Waals surface area contributed by atoms with Crippen molar-refractivity contribution >= 4 is 56.9 Å². The molecule has 1 N–H and O–H groups in total. The van der Waals surface area contributed by atoms with E-state index in [1.165, 1.54) is 11.3 Å². The third-order valence-corrected chi connectivity index (χ3v) is 5.60. The molecule has 0 unspecified atom stereocenters. The summed E-state index contributed by atoms with van der Waals surface area (Å²) in [7, 11) is 0. The van der Waals surface area contributed by atoms with Gasteiger partial charge in [0.2, 0.25) is 0 Å². The monoisotopic (exact) mass is 385 g/mol. The van der Waals surface area contributed by atoms with E-state index in [4.69, 9.17) is 28.2 Å². The van der Waals surface area contributed by atoms with Crippen molar-refractivity contribution in [1.82, 2.24) is 9.97 Å². The molecule has 0 aliphatic rings. The zero-order valence-corrected chi connectivity index (χ0v) is 15.6. The summed E-state index contributed by atoms with van der Waals surface area (Å²) < 4.78 is 0. The minimum Gasteiger partial charge on any atom is -0.340 e. The number of nitrogens with one attached hydrogen (secondary N) is 1. The number of fused-ring (bicyclic) bond motifs is 1. The maximum Gasteiger partial charge on any atom is 0.173 e. The van der Waals surface area contributed by atoms with Crippen LogP contribution in [0.3, 0.4) is 0 Å². The second-order valence-corrected chi connectivity index (χ2v) is 7.33. The Morgan fingerprint density at radius 2 is 1.80 bits per heavy atom. The molecule has 0 aliphatic carbocycles. The van der Waals surface area contributed by atoms with E-state index >= 15 is 0 Å². The molecule has 25 heavy (non-hydrogen) atoms. The largest absolute Gasteiger partial charge is 0.340 e. The summed E-state index contributed by atoms with van der Waals surface area (Å²) in [5.74, 6) is 1.34. The second kappa shape index (κ2) is 6.64. The number of aromatic nitrogens is 2. The third-order valence-electron chi connectivity index (χ3n) is 3.86. The van der Waals surface area contributed by atoms with Crippen LogP contribution in [0.1, 0.15) is 5.56 Å². The molecule has 0 aliphatic heterocycles. The molecule has 3 nitrogen and oxygen atoms in total. The van der Waals surface area contributed by atoms with Gasteiger partial charge in [-0.05, 0) is 48.2 Å². The van der Waals surface area contributed by atoms with Crippen LogP contribution in [0.4, 0.5) is 11.5 Å². The van der Waals surface area contributed by atoms with E-state index in [0.29, 0.717) is 15.9 Å². The van der Waals surface area contributed by atoms with E-state index in [2.05, 4.69) is 10.3 Å². The molecule has 0 saturated carbocycles. The van der Waals surface area contributed by atoms with Gasteiger partial charge in [-0.25, -0.2) is 9.97 Å². The van der Waals surface area contributed by atoms with Crippen LogP contribution in [0.25, 0.3) is 21.6 Å². The number of para-hydroxylation sites is 1. The fourth-order valence-electron chi connectivity index (χ4n) is 2.53. The van der Waals surface area contributed by atoms with Gasteiger partial charge in [0, 0.05) is 16.1 Å². The number of rotatable bonds is 3. The van der Waals surface area contributed by atoms with E-state index in [1.807, 2.05) is 60.8 Å². The summed E-state index contributed by atoms with van der Waals surface area (Å²) in [6.45, 7) is 1.98. The molecule has 0 amide bonds. The van der Waals surface area contributed by atoms with Crippen molar-refractivity contribution in [2.75, 3.05) is 5.32 Å². The molecular formula is C19H13Cl2N3S. The number of hydrogen-bond donors (Lipinski definition) is 1. The number of thiophene rings is 1. The Morgan fingerprint density at radius 3 is 2.56 bits per heavy atom. The fraction of sp³-hybridized carbons (Fsp3) is 0.0526. The maximum absolute atomic E-state index is 6.27. The van der Waals surface area contributed by atoms with E-state index in [1.54, 1.807) is 0 Å². The SMILES string of the molecule is Cc1ccc(Nc2nc(-c3sccc3Cl)nc3ccccc23)cc1Cl. The molecular weight excluding hydrogens is 373 g/mol. The van der Waals surface area contributed by atoms with E-state index < -0.39 is 0 Å². The van der Waals surface area contributed by atoms with Crippen molar-refractivity contribution in [3.8, 4) is 10.7 Å². The van der Waals surface area contributed by atoms with Crippen LogP contribution in [-0.2, 0) is 0 Å². The highest BCUT2D eigenvalue weighted by Crippen LogP contribution is 2.34. The highest BCUT2D eigenvalue weighted by molar-refractivity contribution is 7.14. The van der Waals surface area contributed by atoms with E-state index in [-0.39, 0.29) is 0 Å². The highest BCUT2D eigenvalue weighted by Gasteiger charge is 2.13. The van der Waals surface area contributed by atoms with Crippen molar-refractivity contribution in [2.24, 2.45) is 0 Å². The Morgan fingerprint density at radius 1 is 0.960 bits per heavy atom. The second-order valence-electron chi connectivity index (χ2n) is 5.60. The predicted octanol–water partition coefficient (Wildman–Crippen LogP) is 6.72. The molecule has 0 bridgehead atoms. The first-order chi connectivity index (χ1) is 12.1. The molecule has 6 heteroatoms. The topological polar surface area (TPSA) is 37.8 Å². The lowest BCUT2D eigenvalue weighted by Crippen LogP contribution is -1.99. The molecule has 2 aromatic heterocycles. The molecule has 0 atom stereocenters. The molecule has 4 rings (SSSR count). The van der Waals surface area contributed by atoms with Crippen LogP contribution in [0, 0.1) is 6.92 Å². The van der Waals surface area contributed by atoms with Gasteiger partial charge in [0.1, 0.15) is 5.82 Å². The first-order valence-electron chi connectivity index (χ1n) is 7.65. The summed E-state index contributed by atoms with van der Waals surface area (Å²) >= 11 is 14.0. The predicted molar refractivity (Wildman–Crippen MR) is 107 cm³/mol. The Balaban J connectivity index is 1.86. The number of benzene rings is 2. The van der Waals surface area contributed by atoms with Crippen molar-refractivity contribution in [2.45, 2.75) is 6.92 Å². The average molecular weight is 386 g/mol. The smallest absolute Gasteiger partial charge is 0.173 e. The molecule has 4 aromatic rings. The van der Waals surface area contributed by atoms with E-state index in [9.17, 15) is 0 Å². The van der Waals surface area contributed by atoms with Crippen LogP contribution in [0.5, 0.6) is 0 Å². The van der Waals surface area contributed by atoms with Gasteiger partial charge in [0.15, 0.2) is 5.82 Å². The quantitative estimate of drug-likeness (QED) is 0.425. The summed E-state index contributed by atoms with van der Waals surface area (Å²) in [5, 5.41) is 7.61. The molecule has 0 saturated heterocycles. The molecule has 0 spiro atoms. The minimum absolute atomic E-state index is 0.611. The number of hydrogen-bond acceptors (Lipinski definition) is 4. The van der Waals surface area contributed by atoms with E-state index in [0.717, 1.165) is 32.8 Å². The zero-order chi connectivity index (χ0) is 17.4. The van der Waals surface area contributed by atoms with Gasteiger partial charge in [0.25, 0.3) is 0 Å². The average Bonchev–Trinajstić information content (AvgIpc) is 3.04. The molecule has 2 aromatic carbocycles. The molecule has 2 heterocycles. The highest BCUT2D eigenvalue weighted by atomic mass is 35.5. The molecule has 0 radical (unpaired) electrons. The number of nitrogens with zero attached hydrogens (tertiary/aromatic N) is 2. The lowest BCUT2D eigenvalue weighted by molar-refractivity contribution is 1.23. The summed E-state index contributed by atoms with van der Waals surface area (Å²) in [4.78, 5) is 10.2. The van der Waals surface area contributed by atoms with Crippen LogP contribution >= 0.6 is 34.5 Å². The lowest BCUT2D eigenvalue weighted by Gasteiger charge is -2.11. The number of aryl methyl sites for hydroxylation is 1. The lowest BCUT2D eigenvalue weighted by atomic mass is 10.2. The van der Waals surface area contributed by atoms with Gasteiger partial charge in [0.05, 0.1) is 15.4 Å². The van der Waals surface area contributed by atoms with Gasteiger partial charge in [-0.15, -0.1) is 11.3 Å². The van der Waals surface area contributed by atoms with Gasteiger partial charge < -0.3 is 5.32 Å². The van der Waals surface area contributed by atoms with Crippen molar-refractivity contribution in [3.63, 3.8) is 0 Å². The third kappa shape index (κ3) is 3.21. The van der Waals surface area contributed by atoms with Gasteiger partial charge in [-0.3, -0.25) is 0 Å². The van der Waals surface area contributed by atoms with Crippen LogP contribution in [-0.4, -0.2) is 9.97 Å². The Kier molecular flexibility index (Phi) is 4.34. The van der Waals surface area contributed by atoms with Gasteiger partial charge >= 0.3 is 0 Å². The Hall–Kier alpha value is -2.14. The Labute approximate surface area is 159 Å². The number of halogens is 2. The zero-order valence-electron chi connectivity index (χ0n) is 13.3. The van der Waals surface area contributed by atoms with Crippen LogP contribution in [0.2, 0.25) is 10.0 Å². The number of anilines is 2. The summed E-state index contributed by atoms with van der Waals surface area (Å²) in [5.41, 5.74) is 2.77. The fourth-order valence-corrected chi connectivity index (χ4v) is 3.79. The van der Waals surface area contributed by atoms with Gasteiger partial charge in [-0.1, -0.05) is 41.4 Å². The summed E-state index contributed by atoms with van der Waals surface area (Å²) in [6, 6.07) is 15.6. The normalized spacial score (nSPS) is 11.0. The minimum atomic E-state index is 0.611. The van der Waals surface area contributed by atoms with Crippen LogP contribution < -0.4 is 5.32 Å².